The van der Waals surface area contributed by atoms with Crippen LogP contribution in [0.3, 0.4) is 0 Å². The first kappa shape index (κ1) is 19.3. The maximum atomic E-state index is 12.3. The van der Waals surface area contributed by atoms with Crippen LogP contribution in [0.15, 0.2) is 52.9 Å². The van der Waals surface area contributed by atoms with Crippen molar-refractivity contribution in [3.63, 3.8) is 0 Å². The summed E-state index contributed by atoms with van der Waals surface area (Å²) in [6.45, 7) is 4.16. The number of ether oxygens (including phenoxy) is 1. The zero-order valence-electron chi connectivity index (χ0n) is 16.6. The summed E-state index contributed by atoms with van der Waals surface area (Å²) in [5, 5.41) is 11.2. The van der Waals surface area contributed by atoms with Crippen LogP contribution < -0.4 is 5.32 Å². The smallest absolute Gasteiger partial charge is 0.251 e. The van der Waals surface area contributed by atoms with Crippen molar-refractivity contribution in [2.45, 2.75) is 26.2 Å². The van der Waals surface area contributed by atoms with Gasteiger partial charge in [0.05, 0.1) is 0 Å². The van der Waals surface area contributed by atoms with Crippen LogP contribution in [0.2, 0.25) is 0 Å². The predicted molar refractivity (Wildman–Crippen MR) is 110 cm³/mol. The molecule has 0 spiro atoms. The fourth-order valence-electron chi connectivity index (χ4n) is 3.04. The number of aromatic nitrogens is 2. The van der Waals surface area contributed by atoms with Crippen LogP contribution in [0, 0.1) is 12.8 Å². The predicted octanol–water partition coefficient (Wildman–Crippen LogP) is 4.26. The lowest BCUT2D eigenvalue weighted by Crippen LogP contribution is -2.25. The molecule has 3 aromatic rings. The molecule has 4 rings (SSSR count). The Morgan fingerprint density at radius 2 is 1.86 bits per heavy atom. The summed E-state index contributed by atoms with van der Waals surface area (Å²) in [6.07, 6.45) is 3.41. The Morgan fingerprint density at radius 3 is 2.62 bits per heavy atom. The largest absolute Gasteiger partial charge is 0.416 e. The highest BCUT2D eigenvalue weighted by molar-refractivity contribution is 5.94. The molecule has 1 aliphatic rings. The third kappa shape index (κ3) is 5.09. The molecule has 0 aliphatic heterocycles. The molecule has 0 saturated heterocycles. The standard InChI is InChI=1S/C23H25N3O3/c1-16-5-2-3-6-20(16)23-26-25-22(29-23)19-11-9-18(10-12-19)21(27)24-13-4-14-28-15-17-7-8-17/h2-3,5-6,9-12,17H,4,7-8,13-15H2,1H3,(H,24,27). The van der Waals surface area contributed by atoms with Gasteiger partial charge >= 0.3 is 0 Å². The van der Waals surface area contributed by atoms with Crippen LogP contribution >= 0.6 is 0 Å². The molecule has 0 radical (unpaired) electrons. The third-order valence-corrected chi connectivity index (χ3v) is 5.00. The van der Waals surface area contributed by atoms with Crippen LogP contribution in [0.5, 0.6) is 0 Å². The van der Waals surface area contributed by atoms with E-state index in [4.69, 9.17) is 9.15 Å². The van der Waals surface area contributed by atoms with Crippen molar-refractivity contribution >= 4 is 5.91 Å². The van der Waals surface area contributed by atoms with Crippen molar-refractivity contribution in [1.29, 1.82) is 0 Å². The van der Waals surface area contributed by atoms with Gasteiger partial charge in [-0.3, -0.25) is 4.79 Å². The number of rotatable bonds is 9. The van der Waals surface area contributed by atoms with Crippen molar-refractivity contribution in [1.82, 2.24) is 15.5 Å². The lowest BCUT2D eigenvalue weighted by atomic mass is 10.1. The molecule has 29 heavy (non-hydrogen) atoms. The molecule has 0 bridgehead atoms. The quantitative estimate of drug-likeness (QED) is 0.552. The zero-order valence-corrected chi connectivity index (χ0v) is 16.6. The molecule has 0 atom stereocenters. The van der Waals surface area contributed by atoms with Crippen molar-refractivity contribution in [2.75, 3.05) is 19.8 Å². The van der Waals surface area contributed by atoms with Crippen LogP contribution in [-0.4, -0.2) is 35.9 Å². The van der Waals surface area contributed by atoms with Gasteiger partial charge in [0.25, 0.3) is 5.91 Å². The van der Waals surface area contributed by atoms with E-state index in [1.165, 1.54) is 12.8 Å². The van der Waals surface area contributed by atoms with Gasteiger partial charge in [-0.05, 0) is 68.0 Å². The summed E-state index contributed by atoms with van der Waals surface area (Å²) in [5.41, 5.74) is 3.38. The Labute approximate surface area is 170 Å². The van der Waals surface area contributed by atoms with Gasteiger partial charge in [0.1, 0.15) is 0 Å². The van der Waals surface area contributed by atoms with Crippen molar-refractivity contribution < 1.29 is 13.9 Å². The number of nitrogens with zero attached hydrogens (tertiary/aromatic N) is 2. The monoisotopic (exact) mass is 391 g/mol. The lowest BCUT2D eigenvalue weighted by molar-refractivity contribution is 0.0937. The Balaban J connectivity index is 1.30. The number of nitrogens with one attached hydrogen (secondary N) is 1. The first-order chi connectivity index (χ1) is 14.2. The number of benzene rings is 2. The van der Waals surface area contributed by atoms with Crippen LogP contribution in [-0.2, 0) is 4.74 Å². The van der Waals surface area contributed by atoms with Gasteiger partial charge in [-0.25, -0.2) is 0 Å². The zero-order chi connectivity index (χ0) is 20.1. The van der Waals surface area contributed by atoms with E-state index >= 15 is 0 Å². The van der Waals surface area contributed by atoms with E-state index in [1.807, 2.05) is 43.3 Å². The molecule has 150 valence electrons. The molecule has 1 saturated carbocycles. The molecule has 1 aromatic heterocycles. The van der Waals surface area contributed by atoms with Gasteiger partial charge in [-0.1, -0.05) is 18.2 Å². The highest BCUT2D eigenvalue weighted by Gasteiger charge is 2.20. The summed E-state index contributed by atoms with van der Waals surface area (Å²) >= 11 is 0. The second-order valence-electron chi connectivity index (χ2n) is 7.43. The highest BCUT2D eigenvalue weighted by atomic mass is 16.5. The van der Waals surface area contributed by atoms with Gasteiger partial charge < -0.3 is 14.5 Å². The van der Waals surface area contributed by atoms with Gasteiger partial charge in [-0.2, -0.15) is 0 Å². The van der Waals surface area contributed by atoms with Crippen molar-refractivity contribution in [2.24, 2.45) is 5.92 Å². The maximum absolute atomic E-state index is 12.3. The second-order valence-corrected chi connectivity index (χ2v) is 7.43. The molecular weight excluding hydrogens is 366 g/mol. The number of carbonyl (C=O) groups excluding carboxylic acids is 1. The molecule has 1 N–H and O–H groups in total. The van der Waals surface area contributed by atoms with E-state index in [1.54, 1.807) is 12.1 Å². The molecule has 1 aliphatic carbocycles. The minimum atomic E-state index is -0.0927. The van der Waals surface area contributed by atoms with E-state index < -0.39 is 0 Å². The van der Waals surface area contributed by atoms with Crippen molar-refractivity contribution in [3.05, 3.63) is 59.7 Å². The van der Waals surface area contributed by atoms with E-state index in [-0.39, 0.29) is 5.91 Å². The Morgan fingerprint density at radius 1 is 1.10 bits per heavy atom. The molecule has 6 heteroatoms. The first-order valence-corrected chi connectivity index (χ1v) is 10.1. The van der Waals surface area contributed by atoms with E-state index in [0.717, 1.165) is 35.6 Å². The number of hydrogen-bond donors (Lipinski definition) is 1. The normalized spacial score (nSPS) is 13.4. The first-order valence-electron chi connectivity index (χ1n) is 10.1. The van der Waals surface area contributed by atoms with Gasteiger partial charge in [0, 0.05) is 36.4 Å². The third-order valence-electron chi connectivity index (χ3n) is 5.00. The summed E-state index contributed by atoms with van der Waals surface area (Å²) in [6, 6.07) is 15.1. The number of amides is 1. The Kier molecular flexibility index (Phi) is 6.00. The van der Waals surface area contributed by atoms with Crippen molar-refractivity contribution in [3.8, 4) is 22.9 Å². The lowest BCUT2D eigenvalue weighted by Gasteiger charge is -2.06. The molecule has 6 nitrogen and oxygen atoms in total. The van der Waals surface area contributed by atoms with Crippen LogP contribution in [0.1, 0.15) is 35.2 Å². The molecule has 2 aromatic carbocycles. The SMILES string of the molecule is Cc1ccccc1-c1nnc(-c2ccc(C(=O)NCCCOCC3CC3)cc2)o1. The minimum Gasteiger partial charge on any atom is -0.416 e. The van der Waals surface area contributed by atoms with Crippen LogP contribution in [0.4, 0.5) is 0 Å². The Bertz CT molecular complexity index is 962. The fraction of sp³-hybridized carbons (Fsp3) is 0.348. The van der Waals surface area contributed by atoms with E-state index in [9.17, 15) is 4.79 Å². The summed E-state index contributed by atoms with van der Waals surface area (Å²) in [5.74, 6) is 1.60. The molecule has 1 fully saturated rings. The highest BCUT2D eigenvalue weighted by Crippen LogP contribution is 2.28. The number of aryl methyl sites for hydroxylation is 1. The summed E-state index contributed by atoms with van der Waals surface area (Å²) in [7, 11) is 0. The molecule has 0 unspecified atom stereocenters. The van der Waals surface area contributed by atoms with Gasteiger partial charge in [0.15, 0.2) is 0 Å². The Hall–Kier alpha value is -2.99. The average Bonchev–Trinajstić information content (AvgIpc) is 3.44. The minimum absolute atomic E-state index is 0.0927. The average molecular weight is 391 g/mol. The van der Waals surface area contributed by atoms with E-state index in [2.05, 4.69) is 15.5 Å². The summed E-state index contributed by atoms with van der Waals surface area (Å²) in [4.78, 5) is 12.3. The van der Waals surface area contributed by atoms with E-state index in [0.29, 0.717) is 30.5 Å². The maximum Gasteiger partial charge on any atom is 0.251 e. The fourth-order valence-corrected chi connectivity index (χ4v) is 3.04. The second kappa shape index (κ2) is 9.01. The van der Waals surface area contributed by atoms with Gasteiger partial charge in [-0.15, -0.1) is 10.2 Å². The molecular formula is C23H25N3O3. The molecule has 1 heterocycles. The van der Waals surface area contributed by atoms with Gasteiger partial charge in [0.2, 0.25) is 11.8 Å². The van der Waals surface area contributed by atoms with Crippen LogP contribution in [0.25, 0.3) is 22.9 Å². The number of carbonyl (C=O) groups is 1. The number of hydrogen-bond acceptors (Lipinski definition) is 5. The topological polar surface area (TPSA) is 77.2 Å². The summed E-state index contributed by atoms with van der Waals surface area (Å²) < 4.78 is 11.4. The molecule has 1 amide bonds.